The van der Waals surface area contributed by atoms with Crippen LogP contribution in [0.3, 0.4) is 0 Å². The molecule has 2 aliphatic rings. The number of hydrogen-bond donors (Lipinski definition) is 1. The zero-order chi connectivity index (χ0) is 18.1. The number of ether oxygens (including phenoxy) is 3. The quantitative estimate of drug-likeness (QED) is 0.851. The highest BCUT2D eigenvalue weighted by Gasteiger charge is 2.46. The molecule has 0 saturated heterocycles. The molecular formula is C19H20FN3O3. The highest BCUT2D eigenvalue weighted by atomic mass is 19.1. The predicted octanol–water partition coefficient (Wildman–Crippen LogP) is 2.62. The zero-order valence-electron chi connectivity index (χ0n) is 14.4. The van der Waals surface area contributed by atoms with Gasteiger partial charge in [0.05, 0.1) is 6.61 Å². The Morgan fingerprint density at radius 2 is 2.27 bits per heavy atom. The topological polar surface area (TPSA) is 79.0 Å². The van der Waals surface area contributed by atoms with Crippen molar-refractivity contribution in [3.63, 3.8) is 0 Å². The van der Waals surface area contributed by atoms with E-state index in [4.69, 9.17) is 19.9 Å². The van der Waals surface area contributed by atoms with Crippen LogP contribution in [0.4, 0.5) is 4.39 Å². The van der Waals surface area contributed by atoms with E-state index >= 15 is 0 Å². The number of benzene rings is 1. The maximum Gasteiger partial charge on any atom is 0.283 e. The van der Waals surface area contributed by atoms with E-state index in [1.54, 1.807) is 12.1 Å². The predicted molar refractivity (Wildman–Crippen MR) is 94.4 cm³/mol. The van der Waals surface area contributed by atoms with E-state index in [1.807, 2.05) is 25.1 Å². The van der Waals surface area contributed by atoms with Crippen molar-refractivity contribution in [1.29, 1.82) is 0 Å². The van der Waals surface area contributed by atoms with Crippen LogP contribution in [0.5, 0.6) is 5.75 Å². The van der Waals surface area contributed by atoms with Gasteiger partial charge in [-0.1, -0.05) is 6.07 Å². The minimum atomic E-state index is -0.645. The van der Waals surface area contributed by atoms with Gasteiger partial charge in [0.25, 0.3) is 6.02 Å². The van der Waals surface area contributed by atoms with E-state index in [2.05, 4.69) is 9.98 Å². The summed E-state index contributed by atoms with van der Waals surface area (Å²) in [6.07, 6.45) is 1.86. The number of nitrogens with two attached hydrogens (primary N) is 1. The van der Waals surface area contributed by atoms with Crippen LogP contribution in [0.15, 0.2) is 41.5 Å². The molecule has 0 fully saturated rings. The Hall–Kier alpha value is -2.67. The molecule has 1 spiro atoms. The fourth-order valence-corrected chi connectivity index (χ4v) is 3.53. The average Bonchev–Trinajstić information content (AvgIpc) is 3.01. The van der Waals surface area contributed by atoms with Crippen LogP contribution in [-0.4, -0.2) is 36.9 Å². The third-order valence-electron chi connectivity index (χ3n) is 4.70. The lowest BCUT2D eigenvalue weighted by Gasteiger charge is -2.36. The summed E-state index contributed by atoms with van der Waals surface area (Å²) in [5.74, 6) is 0.175. The van der Waals surface area contributed by atoms with Crippen LogP contribution < -0.4 is 10.5 Å². The second-order valence-corrected chi connectivity index (χ2v) is 6.43. The number of halogens is 1. The smallest absolute Gasteiger partial charge is 0.283 e. The van der Waals surface area contributed by atoms with Crippen molar-refractivity contribution >= 4 is 6.02 Å². The highest BCUT2D eigenvalue weighted by molar-refractivity contribution is 5.75. The first kappa shape index (κ1) is 16.8. The van der Waals surface area contributed by atoms with Crippen LogP contribution in [0.25, 0.3) is 11.1 Å². The Morgan fingerprint density at radius 3 is 3.00 bits per heavy atom. The largest absolute Gasteiger partial charge is 0.488 e. The molecule has 0 aliphatic carbocycles. The summed E-state index contributed by atoms with van der Waals surface area (Å²) in [6, 6.07) is 9.10. The van der Waals surface area contributed by atoms with Gasteiger partial charge in [-0.25, -0.2) is 9.98 Å². The van der Waals surface area contributed by atoms with E-state index in [0.29, 0.717) is 43.1 Å². The molecule has 136 valence electrons. The standard InChI is InChI=1S/C19H20FN3O3/c1-2-24-10-13-9-19(11-25-18(21)23-19)15-8-12(5-6-16(15)26-13)14-4-3-7-22-17(14)20/h3-8,13H,2,9-11H2,1H3,(H2,21,23). The Balaban J connectivity index is 1.78. The molecule has 0 amide bonds. The summed E-state index contributed by atoms with van der Waals surface area (Å²) >= 11 is 0. The molecule has 2 atom stereocenters. The molecule has 2 unspecified atom stereocenters. The normalized spacial score (nSPS) is 23.9. The maximum atomic E-state index is 14.1. The third-order valence-corrected chi connectivity index (χ3v) is 4.70. The van der Waals surface area contributed by atoms with Crippen LogP contribution in [0, 0.1) is 5.95 Å². The molecule has 0 radical (unpaired) electrons. The lowest BCUT2D eigenvalue weighted by Crippen LogP contribution is -2.40. The van der Waals surface area contributed by atoms with Gasteiger partial charge in [-0.05, 0) is 36.8 Å². The Morgan fingerprint density at radius 1 is 1.38 bits per heavy atom. The van der Waals surface area contributed by atoms with Crippen molar-refractivity contribution in [2.75, 3.05) is 19.8 Å². The molecule has 26 heavy (non-hydrogen) atoms. The molecule has 7 heteroatoms. The molecule has 1 aromatic heterocycles. The van der Waals surface area contributed by atoms with Gasteiger partial charge in [0.1, 0.15) is 24.0 Å². The molecular weight excluding hydrogens is 337 g/mol. The van der Waals surface area contributed by atoms with Gasteiger partial charge >= 0.3 is 0 Å². The van der Waals surface area contributed by atoms with Crippen LogP contribution in [0.2, 0.25) is 0 Å². The summed E-state index contributed by atoms with van der Waals surface area (Å²) in [5, 5.41) is 0. The second kappa shape index (κ2) is 6.57. The fraction of sp³-hybridized carbons (Fsp3) is 0.368. The number of rotatable bonds is 4. The summed E-state index contributed by atoms with van der Waals surface area (Å²) in [4.78, 5) is 8.29. The Labute approximate surface area is 150 Å². The van der Waals surface area contributed by atoms with E-state index < -0.39 is 11.5 Å². The first-order valence-corrected chi connectivity index (χ1v) is 8.59. The molecule has 6 nitrogen and oxygen atoms in total. The van der Waals surface area contributed by atoms with Gasteiger partial charge in [0.15, 0.2) is 0 Å². The van der Waals surface area contributed by atoms with E-state index in [1.165, 1.54) is 6.20 Å². The number of amidine groups is 1. The summed E-state index contributed by atoms with van der Waals surface area (Å²) in [6.45, 7) is 3.35. The Bertz CT molecular complexity index is 858. The number of fused-ring (bicyclic) bond motifs is 2. The minimum Gasteiger partial charge on any atom is -0.488 e. The number of pyridine rings is 1. The van der Waals surface area contributed by atoms with Gasteiger partial charge in [-0.3, -0.25) is 0 Å². The van der Waals surface area contributed by atoms with Gasteiger partial charge in [0.2, 0.25) is 5.95 Å². The third kappa shape index (κ3) is 2.88. The highest BCUT2D eigenvalue weighted by Crippen LogP contribution is 2.46. The van der Waals surface area contributed by atoms with Gasteiger partial charge in [-0.2, -0.15) is 4.39 Å². The van der Waals surface area contributed by atoms with E-state index in [-0.39, 0.29) is 12.1 Å². The number of aliphatic imine (C=N–C) groups is 1. The summed E-state index contributed by atoms with van der Waals surface area (Å²) in [5.41, 5.74) is 7.13. The molecule has 2 aliphatic heterocycles. The van der Waals surface area contributed by atoms with Crippen molar-refractivity contribution < 1.29 is 18.6 Å². The lowest BCUT2D eigenvalue weighted by molar-refractivity contribution is 0.0225. The van der Waals surface area contributed by atoms with E-state index in [0.717, 1.165) is 5.56 Å². The van der Waals surface area contributed by atoms with Crippen molar-refractivity contribution in [3.05, 3.63) is 48.0 Å². The molecule has 2 N–H and O–H groups in total. The van der Waals surface area contributed by atoms with Gasteiger partial charge in [0, 0.05) is 30.4 Å². The van der Waals surface area contributed by atoms with Crippen molar-refractivity contribution in [2.45, 2.75) is 25.0 Å². The molecule has 2 aromatic rings. The first-order valence-electron chi connectivity index (χ1n) is 8.59. The molecule has 3 heterocycles. The van der Waals surface area contributed by atoms with Crippen LogP contribution >= 0.6 is 0 Å². The first-order chi connectivity index (χ1) is 12.6. The molecule has 0 bridgehead atoms. The van der Waals surface area contributed by atoms with Gasteiger partial charge < -0.3 is 19.9 Å². The monoisotopic (exact) mass is 357 g/mol. The maximum absolute atomic E-state index is 14.1. The molecule has 0 saturated carbocycles. The summed E-state index contributed by atoms with van der Waals surface area (Å²) < 4.78 is 31.2. The average molecular weight is 357 g/mol. The van der Waals surface area contributed by atoms with Crippen LogP contribution in [0.1, 0.15) is 18.9 Å². The number of aromatic nitrogens is 1. The van der Waals surface area contributed by atoms with E-state index in [9.17, 15) is 4.39 Å². The van der Waals surface area contributed by atoms with Crippen molar-refractivity contribution in [1.82, 2.24) is 4.98 Å². The Kier molecular flexibility index (Phi) is 4.24. The van der Waals surface area contributed by atoms with Crippen molar-refractivity contribution in [3.8, 4) is 16.9 Å². The summed E-state index contributed by atoms with van der Waals surface area (Å²) in [7, 11) is 0. The second-order valence-electron chi connectivity index (χ2n) is 6.43. The lowest BCUT2D eigenvalue weighted by atomic mass is 9.82. The number of hydrogen-bond acceptors (Lipinski definition) is 6. The number of nitrogens with zero attached hydrogens (tertiary/aromatic N) is 2. The van der Waals surface area contributed by atoms with Gasteiger partial charge in [-0.15, -0.1) is 0 Å². The minimum absolute atomic E-state index is 0.151. The molecule has 1 aromatic carbocycles. The molecule has 4 rings (SSSR count). The SMILES string of the molecule is CCOCC1CC2(COC(N)=N2)c2cc(-c3cccnc3F)ccc2O1. The van der Waals surface area contributed by atoms with Crippen molar-refractivity contribution in [2.24, 2.45) is 10.7 Å². The zero-order valence-corrected chi connectivity index (χ0v) is 14.4. The van der Waals surface area contributed by atoms with Crippen LogP contribution in [-0.2, 0) is 15.0 Å². The fourth-order valence-electron chi connectivity index (χ4n) is 3.53.